The fraction of sp³-hybridized carbons (Fsp3) is 0.875. The standard InChI is InChI=1S/C8H16F3N3O2/c1-6(7(16)13-12)4-14(2-3-15)5-8(9,10)11/h6,15H,2-5,12H2,1H3,(H,13,16). The molecule has 0 fully saturated rings. The molecule has 96 valence electrons. The molecule has 5 nitrogen and oxygen atoms in total. The van der Waals surface area contributed by atoms with Gasteiger partial charge in [-0.25, -0.2) is 5.84 Å². The van der Waals surface area contributed by atoms with Crippen LogP contribution in [0, 0.1) is 5.92 Å². The fourth-order valence-electron chi connectivity index (χ4n) is 1.24. The molecule has 0 aromatic carbocycles. The maximum Gasteiger partial charge on any atom is 0.401 e. The van der Waals surface area contributed by atoms with Gasteiger partial charge >= 0.3 is 6.18 Å². The summed E-state index contributed by atoms with van der Waals surface area (Å²) in [7, 11) is 0. The molecule has 0 spiro atoms. The van der Waals surface area contributed by atoms with Gasteiger partial charge in [0.15, 0.2) is 0 Å². The Morgan fingerprint density at radius 2 is 2.12 bits per heavy atom. The Kier molecular flexibility index (Phi) is 6.31. The van der Waals surface area contributed by atoms with Crippen LogP contribution in [0.5, 0.6) is 0 Å². The van der Waals surface area contributed by atoms with Crippen molar-refractivity contribution >= 4 is 5.91 Å². The minimum atomic E-state index is -4.35. The largest absolute Gasteiger partial charge is 0.401 e. The lowest BCUT2D eigenvalue weighted by Gasteiger charge is -2.25. The third-order valence-electron chi connectivity index (χ3n) is 1.94. The molecule has 0 aromatic heterocycles. The van der Waals surface area contributed by atoms with Gasteiger partial charge in [-0.15, -0.1) is 0 Å². The lowest BCUT2D eigenvalue weighted by Crippen LogP contribution is -2.44. The van der Waals surface area contributed by atoms with Gasteiger partial charge in [-0.2, -0.15) is 13.2 Å². The molecule has 0 bridgehead atoms. The molecule has 0 radical (unpaired) electrons. The van der Waals surface area contributed by atoms with E-state index in [1.165, 1.54) is 6.92 Å². The molecule has 0 saturated heterocycles. The number of nitrogens with two attached hydrogens (primary N) is 1. The third kappa shape index (κ3) is 6.59. The fourth-order valence-corrected chi connectivity index (χ4v) is 1.24. The predicted octanol–water partition coefficient (Wildman–Crippen LogP) is -0.531. The molecule has 0 aliphatic heterocycles. The van der Waals surface area contributed by atoms with Gasteiger partial charge in [0.25, 0.3) is 0 Å². The van der Waals surface area contributed by atoms with Crippen molar-refractivity contribution in [1.29, 1.82) is 0 Å². The minimum Gasteiger partial charge on any atom is -0.395 e. The van der Waals surface area contributed by atoms with Gasteiger partial charge in [-0.05, 0) is 0 Å². The number of hydrazine groups is 1. The summed E-state index contributed by atoms with van der Waals surface area (Å²) >= 11 is 0. The number of alkyl halides is 3. The van der Waals surface area contributed by atoms with E-state index >= 15 is 0 Å². The smallest absolute Gasteiger partial charge is 0.395 e. The van der Waals surface area contributed by atoms with Crippen LogP contribution in [0.4, 0.5) is 13.2 Å². The summed E-state index contributed by atoms with van der Waals surface area (Å²) in [6.07, 6.45) is -4.35. The van der Waals surface area contributed by atoms with Gasteiger partial charge in [-0.3, -0.25) is 15.1 Å². The average molecular weight is 243 g/mol. The van der Waals surface area contributed by atoms with E-state index in [1.54, 1.807) is 0 Å². The van der Waals surface area contributed by atoms with Gasteiger partial charge < -0.3 is 5.11 Å². The molecule has 0 heterocycles. The van der Waals surface area contributed by atoms with Crippen molar-refractivity contribution in [2.24, 2.45) is 11.8 Å². The number of hydrogen-bond donors (Lipinski definition) is 3. The zero-order valence-corrected chi connectivity index (χ0v) is 8.92. The molecule has 4 N–H and O–H groups in total. The number of aliphatic hydroxyl groups excluding tert-OH is 1. The topological polar surface area (TPSA) is 78.6 Å². The van der Waals surface area contributed by atoms with Crippen LogP contribution in [-0.4, -0.2) is 48.3 Å². The van der Waals surface area contributed by atoms with Crippen molar-refractivity contribution in [2.45, 2.75) is 13.1 Å². The number of rotatable bonds is 6. The molecule has 16 heavy (non-hydrogen) atoms. The second kappa shape index (κ2) is 6.66. The molecule has 0 rings (SSSR count). The highest BCUT2D eigenvalue weighted by atomic mass is 19.4. The second-order valence-corrected chi connectivity index (χ2v) is 3.48. The van der Waals surface area contributed by atoms with Crippen molar-refractivity contribution in [2.75, 3.05) is 26.2 Å². The van der Waals surface area contributed by atoms with E-state index < -0.39 is 31.2 Å². The Labute approximate surface area is 91.4 Å². The molecule has 0 aliphatic carbocycles. The number of amides is 1. The Hall–Kier alpha value is -0.860. The number of nitrogens with one attached hydrogen (secondary N) is 1. The number of carbonyl (C=O) groups excluding carboxylic acids is 1. The van der Waals surface area contributed by atoms with Crippen molar-refractivity contribution in [1.82, 2.24) is 10.3 Å². The summed E-state index contributed by atoms with van der Waals surface area (Å²) < 4.78 is 36.3. The number of carbonyl (C=O) groups is 1. The summed E-state index contributed by atoms with van der Waals surface area (Å²) in [5.41, 5.74) is 1.87. The number of halogens is 3. The number of aliphatic hydroxyl groups is 1. The zero-order chi connectivity index (χ0) is 12.8. The highest BCUT2D eigenvalue weighted by Gasteiger charge is 2.31. The molecule has 1 atom stereocenters. The summed E-state index contributed by atoms with van der Waals surface area (Å²) in [6, 6.07) is 0. The zero-order valence-electron chi connectivity index (χ0n) is 8.92. The van der Waals surface area contributed by atoms with Crippen LogP contribution in [0.3, 0.4) is 0 Å². The van der Waals surface area contributed by atoms with Gasteiger partial charge in [0.05, 0.1) is 13.2 Å². The molecule has 1 amide bonds. The van der Waals surface area contributed by atoms with Gasteiger partial charge in [0, 0.05) is 19.0 Å². The summed E-state index contributed by atoms with van der Waals surface area (Å²) in [5.74, 6) is 3.66. The monoisotopic (exact) mass is 243 g/mol. The normalized spacial score (nSPS) is 13.9. The Morgan fingerprint density at radius 1 is 1.56 bits per heavy atom. The van der Waals surface area contributed by atoms with E-state index in [9.17, 15) is 18.0 Å². The average Bonchev–Trinajstić information content (AvgIpc) is 2.14. The molecular formula is C8H16F3N3O2. The van der Waals surface area contributed by atoms with E-state index in [-0.39, 0.29) is 13.1 Å². The lowest BCUT2D eigenvalue weighted by molar-refractivity contribution is -0.149. The molecule has 0 aromatic rings. The molecule has 1 unspecified atom stereocenters. The molecule has 0 aliphatic rings. The highest BCUT2D eigenvalue weighted by Crippen LogP contribution is 2.17. The molecule has 0 saturated carbocycles. The van der Waals surface area contributed by atoms with Gasteiger partial charge in [0.1, 0.15) is 0 Å². The van der Waals surface area contributed by atoms with Gasteiger partial charge in [-0.1, -0.05) is 6.92 Å². The summed E-state index contributed by atoms with van der Waals surface area (Å²) in [5, 5.41) is 8.61. The first kappa shape index (κ1) is 15.1. The molecule has 8 heteroatoms. The first-order chi connectivity index (χ1) is 7.30. The van der Waals surface area contributed by atoms with Crippen molar-refractivity contribution in [3.05, 3.63) is 0 Å². The van der Waals surface area contributed by atoms with E-state index in [1.807, 2.05) is 5.43 Å². The van der Waals surface area contributed by atoms with Crippen LogP contribution in [-0.2, 0) is 4.79 Å². The van der Waals surface area contributed by atoms with Crippen LogP contribution in [0.15, 0.2) is 0 Å². The maximum atomic E-state index is 12.1. The first-order valence-electron chi connectivity index (χ1n) is 4.70. The summed E-state index contributed by atoms with van der Waals surface area (Å²) in [6.45, 7) is -0.337. The Balaban J connectivity index is 4.27. The van der Waals surface area contributed by atoms with E-state index in [0.29, 0.717) is 0 Å². The van der Waals surface area contributed by atoms with Crippen molar-refractivity contribution in [3.63, 3.8) is 0 Å². The quantitative estimate of drug-likeness (QED) is 0.333. The lowest BCUT2D eigenvalue weighted by atomic mass is 10.1. The van der Waals surface area contributed by atoms with Crippen LogP contribution < -0.4 is 11.3 Å². The Morgan fingerprint density at radius 3 is 2.50 bits per heavy atom. The van der Waals surface area contributed by atoms with Crippen LogP contribution in [0.1, 0.15) is 6.92 Å². The predicted molar refractivity (Wildman–Crippen MR) is 51.1 cm³/mol. The molecular weight excluding hydrogens is 227 g/mol. The van der Waals surface area contributed by atoms with Crippen LogP contribution >= 0.6 is 0 Å². The number of hydrogen-bond acceptors (Lipinski definition) is 4. The number of nitrogens with zero attached hydrogens (tertiary/aromatic N) is 1. The van der Waals surface area contributed by atoms with E-state index in [0.717, 1.165) is 4.90 Å². The minimum absolute atomic E-state index is 0.108. The summed E-state index contributed by atoms with van der Waals surface area (Å²) in [4.78, 5) is 12.0. The Bertz CT molecular complexity index is 223. The van der Waals surface area contributed by atoms with E-state index in [4.69, 9.17) is 10.9 Å². The SMILES string of the molecule is CC(CN(CCO)CC(F)(F)F)C(=O)NN. The maximum absolute atomic E-state index is 12.1. The highest BCUT2D eigenvalue weighted by molar-refractivity contribution is 5.77. The van der Waals surface area contributed by atoms with Crippen LogP contribution in [0.25, 0.3) is 0 Å². The van der Waals surface area contributed by atoms with Crippen LogP contribution in [0.2, 0.25) is 0 Å². The first-order valence-corrected chi connectivity index (χ1v) is 4.70. The second-order valence-electron chi connectivity index (χ2n) is 3.48. The van der Waals surface area contributed by atoms with Crippen molar-refractivity contribution in [3.8, 4) is 0 Å². The third-order valence-corrected chi connectivity index (χ3v) is 1.94. The van der Waals surface area contributed by atoms with Crippen molar-refractivity contribution < 1.29 is 23.1 Å². The van der Waals surface area contributed by atoms with E-state index in [2.05, 4.69) is 0 Å². The van der Waals surface area contributed by atoms with Gasteiger partial charge in [0.2, 0.25) is 5.91 Å².